The van der Waals surface area contributed by atoms with Crippen LogP contribution in [0, 0.1) is 0 Å². The minimum atomic E-state index is -0.0489. The molecule has 2 aliphatic heterocycles. The molecule has 2 aliphatic rings. The summed E-state index contributed by atoms with van der Waals surface area (Å²) in [5, 5.41) is 3.91. The lowest BCUT2D eigenvalue weighted by Crippen LogP contribution is -2.50. The fourth-order valence-corrected chi connectivity index (χ4v) is 3.63. The number of thioether (sulfide) groups is 1. The van der Waals surface area contributed by atoms with Gasteiger partial charge in [-0.15, -0.1) is 11.8 Å². The van der Waals surface area contributed by atoms with Crippen molar-refractivity contribution in [1.29, 1.82) is 0 Å². The molecule has 0 saturated carbocycles. The van der Waals surface area contributed by atoms with E-state index < -0.39 is 0 Å². The summed E-state index contributed by atoms with van der Waals surface area (Å²) >= 11 is 1.49. The smallest absolute Gasteiger partial charge is 0.254 e. The Morgan fingerprint density at radius 1 is 1.43 bits per heavy atom. The number of nitrogens with one attached hydrogen (secondary N) is 1. The van der Waals surface area contributed by atoms with Crippen molar-refractivity contribution in [2.45, 2.75) is 30.0 Å². The molecule has 1 aromatic rings. The monoisotopic (exact) mass is 307 g/mol. The minimum absolute atomic E-state index is 0.0489. The zero-order valence-electron chi connectivity index (χ0n) is 12.2. The van der Waals surface area contributed by atoms with Crippen LogP contribution >= 0.6 is 11.8 Å². The Bertz CT molecular complexity index is 505. The third kappa shape index (κ3) is 3.22. The van der Waals surface area contributed by atoms with Gasteiger partial charge in [-0.2, -0.15) is 0 Å². The van der Waals surface area contributed by atoms with Crippen LogP contribution in [0.4, 0.5) is 0 Å². The number of nitrogens with zero attached hydrogens (tertiary/aromatic N) is 2. The highest BCUT2D eigenvalue weighted by molar-refractivity contribution is 7.98. The molecule has 0 unspecified atom stereocenters. The Balaban J connectivity index is 1.68. The molecule has 2 saturated heterocycles. The Kier molecular flexibility index (Phi) is 4.77. The van der Waals surface area contributed by atoms with Gasteiger partial charge < -0.3 is 10.1 Å². The Labute approximate surface area is 129 Å². The number of pyridine rings is 1. The van der Waals surface area contributed by atoms with Gasteiger partial charge in [0, 0.05) is 6.20 Å². The lowest BCUT2D eigenvalue weighted by atomic mass is 10.1. The molecule has 1 aromatic heterocycles. The minimum Gasteiger partial charge on any atom is -0.378 e. The molecule has 3 heterocycles. The number of hydrogen-bond donors (Lipinski definition) is 1. The molecule has 0 spiro atoms. The van der Waals surface area contributed by atoms with Crippen LogP contribution in [0.5, 0.6) is 0 Å². The van der Waals surface area contributed by atoms with E-state index in [2.05, 4.69) is 15.2 Å². The van der Waals surface area contributed by atoms with Gasteiger partial charge in [-0.3, -0.25) is 9.69 Å². The molecule has 0 bridgehead atoms. The molecule has 2 fully saturated rings. The number of carbonyl (C=O) groups is 1. The molecule has 6 heteroatoms. The lowest BCUT2D eigenvalue weighted by molar-refractivity contribution is 0.0913. The second kappa shape index (κ2) is 6.77. The second-order valence-corrected chi connectivity index (χ2v) is 6.28. The molecule has 0 aliphatic carbocycles. The fourth-order valence-electron chi connectivity index (χ4n) is 3.09. The van der Waals surface area contributed by atoms with Crippen LogP contribution in [0.15, 0.2) is 23.4 Å². The average Bonchev–Trinajstić information content (AvgIpc) is 3.17. The number of aromatic nitrogens is 1. The normalized spacial score (nSPS) is 26.1. The van der Waals surface area contributed by atoms with Crippen LogP contribution in [-0.2, 0) is 4.74 Å². The molecule has 114 valence electrons. The number of carbonyl (C=O) groups excluding carboxylic acids is 1. The van der Waals surface area contributed by atoms with Crippen molar-refractivity contribution in [3.05, 3.63) is 23.9 Å². The number of amides is 1. The number of likely N-dealkylation sites (tertiary alicyclic amines) is 1. The number of ether oxygens (including phenoxy) is 1. The zero-order chi connectivity index (χ0) is 14.7. The van der Waals surface area contributed by atoms with E-state index in [1.807, 2.05) is 12.3 Å². The summed E-state index contributed by atoms with van der Waals surface area (Å²) in [4.78, 5) is 19.2. The maximum atomic E-state index is 12.5. The molecule has 3 rings (SSSR count). The first-order valence-electron chi connectivity index (χ1n) is 7.41. The van der Waals surface area contributed by atoms with Gasteiger partial charge in [0.2, 0.25) is 0 Å². The standard InChI is InChI=1S/C15H21N3O2S/c1-21-15-11(5-4-6-16-15)14(19)17-12-9-20-10-13(12)18-7-2-3-8-18/h4-6,12-13H,2-3,7-10H2,1H3,(H,17,19)/t12-,13-/m1/s1. The Morgan fingerprint density at radius 3 is 3.00 bits per heavy atom. The highest BCUT2D eigenvalue weighted by Crippen LogP contribution is 2.21. The molecule has 0 aromatic carbocycles. The van der Waals surface area contributed by atoms with E-state index in [1.54, 1.807) is 12.3 Å². The van der Waals surface area contributed by atoms with Crippen LogP contribution in [0.1, 0.15) is 23.2 Å². The van der Waals surface area contributed by atoms with Crippen LogP contribution in [-0.4, -0.2) is 60.4 Å². The Morgan fingerprint density at radius 2 is 2.24 bits per heavy atom. The van der Waals surface area contributed by atoms with E-state index >= 15 is 0 Å². The van der Waals surface area contributed by atoms with Gasteiger partial charge in [-0.1, -0.05) is 0 Å². The van der Waals surface area contributed by atoms with Crippen molar-refractivity contribution in [2.24, 2.45) is 0 Å². The van der Waals surface area contributed by atoms with Gasteiger partial charge in [0.25, 0.3) is 5.91 Å². The van der Waals surface area contributed by atoms with E-state index in [1.165, 1.54) is 24.6 Å². The van der Waals surface area contributed by atoms with E-state index in [-0.39, 0.29) is 11.9 Å². The van der Waals surface area contributed by atoms with Crippen LogP contribution < -0.4 is 5.32 Å². The second-order valence-electron chi connectivity index (χ2n) is 5.49. The van der Waals surface area contributed by atoms with Crippen molar-refractivity contribution in [3.63, 3.8) is 0 Å². The highest BCUT2D eigenvalue weighted by atomic mass is 32.2. The number of rotatable bonds is 4. The van der Waals surface area contributed by atoms with Crippen molar-refractivity contribution in [1.82, 2.24) is 15.2 Å². The summed E-state index contributed by atoms with van der Waals surface area (Å²) in [6, 6.07) is 4.02. The van der Waals surface area contributed by atoms with E-state index in [0.29, 0.717) is 24.8 Å². The van der Waals surface area contributed by atoms with Gasteiger partial charge >= 0.3 is 0 Å². The topological polar surface area (TPSA) is 54.5 Å². The molecule has 21 heavy (non-hydrogen) atoms. The Hall–Kier alpha value is -1.11. The van der Waals surface area contributed by atoms with E-state index in [0.717, 1.165) is 18.1 Å². The summed E-state index contributed by atoms with van der Waals surface area (Å²) in [7, 11) is 0. The summed E-state index contributed by atoms with van der Waals surface area (Å²) in [5.74, 6) is -0.0489. The summed E-state index contributed by atoms with van der Waals surface area (Å²) in [6.45, 7) is 3.54. The van der Waals surface area contributed by atoms with Crippen molar-refractivity contribution in [2.75, 3.05) is 32.6 Å². The molecule has 2 atom stereocenters. The molecule has 5 nitrogen and oxygen atoms in total. The molecular formula is C15H21N3O2S. The van der Waals surface area contributed by atoms with Crippen LogP contribution in [0.2, 0.25) is 0 Å². The van der Waals surface area contributed by atoms with Gasteiger partial charge in [0.1, 0.15) is 5.03 Å². The SMILES string of the molecule is CSc1ncccc1C(=O)N[C@@H]1COC[C@H]1N1CCCC1. The van der Waals surface area contributed by atoms with Gasteiger partial charge in [-0.25, -0.2) is 4.98 Å². The van der Waals surface area contributed by atoms with Crippen molar-refractivity contribution >= 4 is 17.7 Å². The molecular weight excluding hydrogens is 286 g/mol. The predicted octanol–water partition coefficient (Wildman–Crippen LogP) is 1.40. The van der Waals surface area contributed by atoms with Crippen LogP contribution in [0.25, 0.3) is 0 Å². The first-order chi connectivity index (χ1) is 10.3. The largest absolute Gasteiger partial charge is 0.378 e. The zero-order valence-corrected chi connectivity index (χ0v) is 13.1. The summed E-state index contributed by atoms with van der Waals surface area (Å²) < 4.78 is 5.60. The van der Waals surface area contributed by atoms with Crippen molar-refractivity contribution < 1.29 is 9.53 Å². The van der Waals surface area contributed by atoms with E-state index in [4.69, 9.17) is 4.74 Å². The first kappa shape index (κ1) is 14.8. The highest BCUT2D eigenvalue weighted by Gasteiger charge is 2.35. The third-order valence-electron chi connectivity index (χ3n) is 4.19. The molecule has 0 radical (unpaired) electrons. The predicted molar refractivity (Wildman–Crippen MR) is 82.7 cm³/mol. The van der Waals surface area contributed by atoms with Crippen LogP contribution in [0.3, 0.4) is 0 Å². The first-order valence-corrected chi connectivity index (χ1v) is 8.63. The van der Waals surface area contributed by atoms with Gasteiger partial charge in [0.15, 0.2) is 0 Å². The molecule has 1 amide bonds. The maximum absolute atomic E-state index is 12.5. The third-order valence-corrected chi connectivity index (χ3v) is 4.90. The lowest BCUT2D eigenvalue weighted by Gasteiger charge is -2.28. The fraction of sp³-hybridized carbons (Fsp3) is 0.600. The van der Waals surface area contributed by atoms with E-state index in [9.17, 15) is 4.79 Å². The van der Waals surface area contributed by atoms with Gasteiger partial charge in [0.05, 0.1) is 30.9 Å². The summed E-state index contributed by atoms with van der Waals surface area (Å²) in [5.41, 5.74) is 0.650. The maximum Gasteiger partial charge on any atom is 0.254 e. The average molecular weight is 307 g/mol. The number of hydrogen-bond acceptors (Lipinski definition) is 5. The summed E-state index contributed by atoms with van der Waals surface area (Å²) in [6.07, 6.45) is 6.14. The van der Waals surface area contributed by atoms with Gasteiger partial charge in [-0.05, 0) is 44.3 Å². The molecule has 1 N–H and O–H groups in total. The quantitative estimate of drug-likeness (QED) is 0.852. The van der Waals surface area contributed by atoms with Crippen molar-refractivity contribution in [3.8, 4) is 0 Å².